The fourth-order valence-corrected chi connectivity index (χ4v) is 2.45. The lowest BCUT2D eigenvalue weighted by Gasteiger charge is -2.08. The molecular formula is C6H8N4S2. The van der Waals surface area contributed by atoms with Crippen molar-refractivity contribution < 1.29 is 0 Å². The number of nitrogens with two attached hydrogens (primary N) is 1. The van der Waals surface area contributed by atoms with Crippen molar-refractivity contribution in [1.82, 2.24) is 0 Å². The van der Waals surface area contributed by atoms with Gasteiger partial charge in [0.15, 0.2) is 5.84 Å². The Morgan fingerprint density at radius 2 is 2.33 bits per heavy atom. The van der Waals surface area contributed by atoms with Crippen LogP contribution in [-0.2, 0) is 10.9 Å². The molecule has 0 aromatic heterocycles. The molecule has 12 heavy (non-hydrogen) atoms. The van der Waals surface area contributed by atoms with E-state index >= 15 is 0 Å². The van der Waals surface area contributed by atoms with E-state index in [1.807, 2.05) is 18.6 Å². The highest BCUT2D eigenvalue weighted by atomic mass is 32.2. The Morgan fingerprint density at radius 1 is 1.67 bits per heavy atom. The number of thioether (sulfide) groups is 1. The van der Waals surface area contributed by atoms with Crippen molar-refractivity contribution in [2.45, 2.75) is 0 Å². The number of amidine groups is 1. The zero-order valence-electron chi connectivity index (χ0n) is 6.74. The molecule has 0 aromatic carbocycles. The van der Waals surface area contributed by atoms with Crippen LogP contribution in [0.1, 0.15) is 0 Å². The van der Waals surface area contributed by atoms with Gasteiger partial charge >= 0.3 is 0 Å². The van der Waals surface area contributed by atoms with Crippen molar-refractivity contribution in [3.8, 4) is 6.07 Å². The predicted octanol–water partition coefficient (Wildman–Crippen LogP) is 0.802. The van der Waals surface area contributed by atoms with Crippen molar-refractivity contribution in [2.24, 2.45) is 14.5 Å². The van der Waals surface area contributed by atoms with E-state index in [1.165, 1.54) is 11.8 Å². The monoisotopic (exact) mass is 200 g/mol. The molecule has 1 unspecified atom stereocenters. The Morgan fingerprint density at radius 3 is 2.83 bits per heavy atom. The zero-order chi connectivity index (χ0) is 9.14. The summed E-state index contributed by atoms with van der Waals surface area (Å²) in [6.45, 7) is 0. The topological polar surface area (TPSA) is 74.5 Å². The van der Waals surface area contributed by atoms with Crippen LogP contribution in [0.3, 0.4) is 0 Å². The van der Waals surface area contributed by atoms with Crippen molar-refractivity contribution in [1.29, 1.82) is 5.26 Å². The number of hydrogen-bond donors (Lipinski definition) is 1. The second kappa shape index (κ2) is 3.74. The molecule has 0 aliphatic carbocycles. The van der Waals surface area contributed by atoms with Crippen LogP contribution in [-0.4, -0.2) is 18.3 Å². The van der Waals surface area contributed by atoms with E-state index < -0.39 is 10.9 Å². The summed E-state index contributed by atoms with van der Waals surface area (Å²) < 4.78 is 8.18. The highest BCUT2D eigenvalue weighted by molar-refractivity contribution is 8.03. The zero-order valence-corrected chi connectivity index (χ0v) is 8.37. The van der Waals surface area contributed by atoms with Crippen LogP contribution in [0.2, 0.25) is 0 Å². The molecule has 0 saturated carbocycles. The average molecular weight is 200 g/mol. The smallest absolute Gasteiger partial charge is 0.153 e. The summed E-state index contributed by atoms with van der Waals surface area (Å²) in [6, 6.07) is 1.99. The van der Waals surface area contributed by atoms with Crippen LogP contribution in [0, 0.1) is 11.3 Å². The largest absolute Gasteiger partial charge is 0.382 e. The van der Waals surface area contributed by atoms with Gasteiger partial charge in [0, 0.05) is 17.1 Å². The first kappa shape index (κ1) is 9.29. The summed E-state index contributed by atoms with van der Waals surface area (Å²) in [7, 11) is -0.414. The van der Waals surface area contributed by atoms with Gasteiger partial charge < -0.3 is 5.73 Å². The van der Waals surface area contributed by atoms with Gasteiger partial charge in [-0.25, -0.2) is 0 Å². The highest BCUT2D eigenvalue weighted by Gasteiger charge is 2.13. The van der Waals surface area contributed by atoms with E-state index in [4.69, 9.17) is 11.0 Å². The van der Waals surface area contributed by atoms with E-state index in [0.29, 0.717) is 16.4 Å². The molecule has 1 aliphatic heterocycles. The molecule has 0 saturated heterocycles. The Bertz CT molecular complexity index is 334. The van der Waals surface area contributed by atoms with Gasteiger partial charge in [0.25, 0.3) is 0 Å². The molecule has 0 bridgehead atoms. The van der Waals surface area contributed by atoms with Gasteiger partial charge in [-0.15, -0.1) is 11.8 Å². The number of hydrogen-bond acceptors (Lipinski definition) is 5. The molecule has 4 nitrogen and oxygen atoms in total. The van der Waals surface area contributed by atoms with Gasteiger partial charge in [0.2, 0.25) is 0 Å². The van der Waals surface area contributed by atoms with Crippen LogP contribution in [0.4, 0.5) is 0 Å². The number of rotatable bonds is 1. The maximum atomic E-state index is 8.71. The molecule has 0 fully saturated rings. The minimum absolute atomic E-state index is 0.308. The van der Waals surface area contributed by atoms with Gasteiger partial charge in [-0.2, -0.15) is 14.0 Å². The summed E-state index contributed by atoms with van der Waals surface area (Å²) in [5.74, 6) is 0.308. The van der Waals surface area contributed by atoms with Crippen LogP contribution in [0.5, 0.6) is 0 Å². The number of nitriles is 1. The van der Waals surface area contributed by atoms with Gasteiger partial charge in [0.05, 0.1) is 0 Å². The third kappa shape index (κ3) is 1.68. The summed E-state index contributed by atoms with van der Waals surface area (Å²) in [5, 5.41) is 9.40. The second-order valence-electron chi connectivity index (χ2n) is 2.01. The molecule has 0 amide bonds. The van der Waals surface area contributed by atoms with Gasteiger partial charge in [-0.1, -0.05) is 0 Å². The lowest BCUT2D eigenvalue weighted by atomic mass is 10.3. The summed E-state index contributed by atoms with van der Waals surface area (Å²) >= 11 is 1.42. The molecular weight excluding hydrogens is 192 g/mol. The highest BCUT2D eigenvalue weighted by Crippen LogP contribution is 2.22. The van der Waals surface area contributed by atoms with Crippen molar-refractivity contribution in [3.05, 3.63) is 10.6 Å². The van der Waals surface area contributed by atoms with E-state index in [0.717, 1.165) is 0 Å². The Kier molecular flexibility index (Phi) is 2.89. The third-order valence-electron chi connectivity index (χ3n) is 1.22. The maximum absolute atomic E-state index is 8.71. The fraction of sp³-hybridized carbons (Fsp3) is 0.333. The first-order valence-corrected chi connectivity index (χ1v) is 5.87. The van der Waals surface area contributed by atoms with E-state index in [2.05, 4.69) is 8.76 Å². The van der Waals surface area contributed by atoms with Crippen molar-refractivity contribution in [3.63, 3.8) is 0 Å². The van der Waals surface area contributed by atoms with E-state index in [9.17, 15) is 0 Å². The normalized spacial score (nSPS) is 22.8. The molecule has 1 atom stereocenters. The van der Waals surface area contributed by atoms with Gasteiger partial charge in [-0.3, -0.25) is 0 Å². The van der Waals surface area contributed by atoms with Crippen molar-refractivity contribution >= 4 is 28.5 Å². The maximum Gasteiger partial charge on any atom is 0.153 e. The van der Waals surface area contributed by atoms with Crippen LogP contribution >= 0.6 is 11.8 Å². The summed E-state index contributed by atoms with van der Waals surface area (Å²) in [5.41, 5.74) is 5.95. The lowest BCUT2D eigenvalue weighted by Crippen LogP contribution is -2.18. The fourth-order valence-electron chi connectivity index (χ4n) is 0.728. The first-order valence-electron chi connectivity index (χ1n) is 3.10. The molecule has 2 N–H and O–H groups in total. The van der Waals surface area contributed by atoms with Gasteiger partial charge in [0.1, 0.15) is 16.7 Å². The quantitative estimate of drug-likeness (QED) is 0.680. The lowest BCUT2D eigenvalue weighted by molar-refractivity contribution is 1.42. The minimum atomic E-state index is -0.414. The summed E-state index contributed by atoms with van der Waals surface area (Å²) in [6.07, 6.45) is 3.73. The van der Waals surface area contributed by atoms with Gasteiger partial charge in [-0.05, 0) is 6.26 Å². The predicted molar refractivity (Wildman–Crippen MR) is 53.5 cm³/mol. The molecule has 1 aliphatic rings. The SMILES string of the molecule is CSC1=C(C#N)C(N)=NS(C)=N1. The van der Waals surface area contributed by atoms with E-state index in [-0.39, 0.29) is 0 Å². The van der Waals surface area contributed by atoms with Crippen LogP contribution in [0.25, 0.3) is 0 Å². The Hall–Kier alpha value is -0.800. The van der Waals surface area contributed by atoms with Crippen LogP contribution < -0.4 is 5.73 Å². The molecule has 0 spiro atoms. The second-order valence-corrected chi connectivity index (χ2v) is 4.06. The Balaban J connectivity index is 3.22. The molecule has 1 heterocycles. The number of nitrogens with zero attached hydrogens (tertiary/aromatic N) is 3. The van der Waals surface area contributed by atoms with Crippen molar-refractivity contribution in [2.75, 3.05) is 12.5 Å². The first-order chi connectivity index (χ1) is 5.69. The third-order valence-corrected chi connectivity index (χ3v) is 2.93. The Labute approximate surface area is 77.8 Å². The van der Waals surface area contributed by atoms with Crippen LogP contribution in [0.15, 0.2) is 19.4 Å². The minimum Gasteiger partial charge on any atom is -0.382 e. The van der Waals surface area contributed by atoms with E-state index in [1.54, 1.807) is 0 Å². The average Bonchev–Trinajstić information content (AvgIpc) is 2.03. The summed E-state index contributed by atoms with van der Waals surface area (Å²) in [4.78, 5) is 0. The standard InChI is InChI=1S/C6H8N4S2/c1-11-6-4(3-7)5(8)9-12(2)10-6/h1-2H3,(H2,8,9,10). The molecule has 6 heteroatoms. The molecule has 1 rings (SSSR count). The molecule has 64 valence electrons. The molecule has 0 aromatic rings. The molecule has 0 radical (unpaired) electrons.